The van der Waals surface area contributed by atoms with E-state index >= 15 is 0 Å². The van der Waals surface area contributed by atoms with Crippen LogP contribution in [0.25, 0.3) is 10.9 Å². The van der Waals surface area contributed by atoms with Gasteiger partial charge >= 0.3 is 0 Å². The zero-order valence-corrected chi connectivity index (χ0v) is 11.0. The first-order chi connectivity index (χ1) is 8.61. The zero-order valence-electron chi connectivity index (χ0n) is 10.2. The quantitative estimate of drug-likeness (QED) is 0.575. The second-order valence-electron chi connectivity index (χ2n) is 3.91. The number of rotatable bonds is 2. The first-order valence-corrected chi connectivity index (χ1v) is 6.03. The summed E-state index contributed by atoms with van der Waals surface area (Å²) in [4.78, 5) is 2.85. The molecule has 0 unspecified atom stereocenters. The summed E-state index contributed by atoms with van der Waals surface area (Å²) < 4.78 is 0. The van der Waals surface area contributed by atoms with Gasteiger partial charge in [-0.2, -0.15) is 0 Å². The van der Waals surface area contributed by atoms with Crippen molar-refractivity contribution in [2.24, 2.45) is 10.2 Å². The largest absolute Gasteiger partial charge is 0.493 e. The highest BCUT2D eigenvalue weighted by Crippen LogP contribution is 2.35. The van der Waals surface area contributed by atoms with E-state index in [9.17, 15) is 5.11 Å². The molecule has 0 aliphatic heterocycles. The van der Waals surface area contributed by atoms with Gasteiger partial charge in [-0.1, -0.05) is 11.6 Å². The standard InChI is InChI=1S/C12H14N4OS/c1-3-13-12(18)16-15-10-8-6-7(2)4-5-9(8)14-11(10)17/h4-6,14,17H,3H2,1-2H3,(H,13,18). The van der Waals surface area contributed by atoms with E-state index in [0.717, 1.165) is 16.5 Å². The molecule has 0 atom stereocenters. The number of aryl methyl sites for hydroxylation is 1. The summed E-state index contributed by atoms with van der Waals surface area (Å²) in [5, 5.41) is 21.7. The highest BCUT2D eigenvalue weighted by Gasteiger charge is 2.10. The van der Waals surface area contributed by atoms with Crippen molar-refractivity contribution in [3.63, 3.8) is 0 Å². The third-order valence-electron chi connectivity index (χ3n) is 2.48. The minimum Gasteiger partial charge on any atom is -0.493 e. The molecule has 0 spiro atoms. The Labute approximate surface area is 110 Å². The van der Waals surface area contributed by atoms with E-state index in [-0.39, 0.29) is 5.88 Å². The molecule has 5 nitrogen and oxygen atoms in total. The highest BCUT2D eigenvalue weighted by atomic mass is 32.1. The highest BCUT2D eigenvalue weighted by molar-refractivity contribution is 7.80. The van der Waals surface area contributed by atoms with Crippen molar-refractivity contribution < 1.29 is 5.11 Å². The van der Waals surface area contributed by atoms with E-state index in [0.29, 0.717) is 17.3 Å². The minimum atomic E-state index is -0.00125. The van der Waals surface area contributed by atoms with Gasteiger partial charge in [0.25, 0.3) is 0 Å². The molecule has 0 saturated carbocycles. The van der Waals surface area contributed by atoms with Crippen LogP contribution in [0.3, 0.4) is 0 Å². The number of H-pyrrole nitrogens is 1. The van der Waals surface area contributed by atoms with E-state index in [2.05, 4.69) is 20.5 Å². The summed E-state index contributed by atoms with van der Waals surface area (Å²) in [6.07, 6.45) is 0. The lowest BCUT2D eigenvalue weighted by molar-refractivity contribution is 0.459. The number of azo groups is 1. The molecule has 0 aliphatic rings. The van der Waals surface area contributed by atoms with Crippen LogP contribution in [-0.4, -0.2) is 21.7 Å². The summed E-state index contributed by atoms with van der Waals surface area (Å²) in [5.41, 5.74) is 2.32. The second-order valence-corrected chi connectivity index (χ2v) is 4.29. The summed E-state index contributed by atoms with van der Waals surface area (Å²) in [5.74, 6) is -0.00125. The van der Waals surface area contributed by atoms with Gasteiger partial charge in [-0.15, -0.1) is 10.2 Å². The van der Waals surface area contributed by atoms with Gasteiger partial charge < -0.3 is 15.4 Å². The fourth-order valence-electron chi connectivity index (χ4n) is 1.66. The van der Waals surface area contributed by atoms with Gasteiger partial charge in [0.05, 0.1) is 5.52 Å². The summed E-state index contributed by atoms with van der Waals surface area (Å²) >= 11 is 4.95. The van der Waals surface area contributed by atoms with E-state index in [1.165, 1.54) is 0 Å². The first-order valence-electron chi connectivity index (χ1n) is 5.62. The van der Waals surface area contributed by atoms with Gasteiger partial charge in [-0.3, -0.25) is 0 Å². The molecule has 18 heavy (non-hydrogen) atoms. The predicted molar refractivity (Wildman–Crippen MR) is 75.5 cm³/mol. The average Bonchev–Trinajstić information content (AvgIpc) is 2.62. The van der Waals surface area contributed by atoms with Gasteiger partial charge in [-0.05, 0) is 38.2 Å². The van der Waals surface area contributed by atoms with Crippen LogP contribution in [0.2, 0.25) is 0 Å². The maximum atomic E-state index is 9.80. The predicted octanol–water partition coefficient (Wildman–Crippen LogP) is 3.16. The van der Waals surface area contributed by atoms with Crippen LogP contribution in [0.5, 0.6) is 5.88 Å². The molecule has 0 bridgehead atoms. The van der Waals surface area contributed by atoms with E-state index in [1.807, 2.05) is 32.0 Å². The smallest absolute Gasteiger partial charge is 0.218 e. The summed E-state index contributed by atoms with van der Waals surface area (Å²) in [6, 6.07) is 5.80. The van der Waals surface area contributed by atoms with Gasteiger partial charge in [0.2, 0.25) is 11.0 Å². The third kappa shape index (κ3) is 2.48. The Morgan fingerprint density at radius 1 is 1.50 bits per heavy atom. The van der Waals surface area contributed by atoms with Crippen LogP contribution in [0, 0.1) is 6.92 Å². The lowest BCUT2D eigenvalue weighted by Crippen LogP contribution is -2.17. The molecule has 2 rings (SSSR count). The van der Waals surface area contributed by atoms with Crippen molar-refractivity contribution in [1.29, 1.82) is 0 Å². The molecule has 0 radical (unpaired) electrons. The fraction of sp³-hybridized carbons (Fsp3) is 0.250. The van der Waals surface area contributed by atoms with Gasteiger partial charge in [0.1, 0.15) is 0 Å². The van der Waals surface area contributed by atoms with E-state index < -0.39 is 0 Å². The van der Waals surface area contributed by atoms with Gasteiger partial charge in [0, 0.05) is 11.9 Å². The van der Waals surface area contributed by atoms with Crippen molar-refractivity contribution in [2.75, 3.05) is 6.54 Å². The number of aromatic hydroxyl groups is 1. The molecule has 0 fully saturated rings. The van der Waals surface area contributed by atoms with Crippen LogP contribution in [0.4, 0.5) is 5.69 Å². The third-order valence-corrected chi connectivity index (χ3v) is 2.70. The Hall–Kier alpha value is -1.95. The number of nitrogens with zero attached hydrogens (tertiary/aromatic N) is 2. The van der Waals surface area contributed by atoms with Crippen molar-refractivity contribution in [3.05, 3.63) is 23.8 Å². The fourth-order valence-corrected chi connectivity index (χ4v) is 1.85. The zero-order chi connectivity index (χ0) is 13.1. The number of hydrogen-bond donors (Lipinski definition) is 3. The van der Waals surface area contributed by atoms with Crippen LogP contribution in [0.15, 0.2) is 28.4 Å². The van der Waals surface area contributed by atoms with Crippen molar-refractivity contribution >= 4 is 33.9 Å². The second kappa shape index (κ2) is 5.14. The van der Waals surface area contributed by atoms with E-state index in [1.54, 1.807) is 0 Å². The van der Waals surface area contributed by atoms with Crippen LogP contribution < -0.4 is 5.32 Å². The average molecular weight is 262 g/mol. The van der Waals surface area contributed by atoms with Crippen molar-refractivity contribution in [1.82, 2.24) is 10.3 Å². The lowest BCUT2D eigenvalue weighted by atomic mass is 10.2. The number of benzene rings is 1. The molecule has 94 valence electrons. The Bertz CT molecular complexity index is 618. The molecule has 3 N–H and O–H groups in total. The van der Waals surface area contributed by atoms with Gasteiger partial charge in [-0.25, -0.2) is 0 Å². The van der Waals surface area contributed by atoms with Gasteiger partial charge in [0.15, 0.2) is 5.69 Å². The summed E-state index contributed by atoms with van der Waals surface area (Å²) in [6.45, 7) is 4.60. The van der Waals surface area contributed by atoms with Crippen molar-refractivity contribution in [2.45, 2.75) is 13.8 Å². The molecular weight excluding hydrogens is 248 g/mol. The monoisotopic (exact) mass is 262 g/mol. The molecule has 1 aromatic carbocycles. The molecule has 1 heterocycles. The lowest BCUT2D eigenvalue weighted by Gasteiger charge is -1.97. The summed E-state index contributed by atoms with van der Waals surface area (Å²) in [7, 11) is 0. The number of aromatic amines is 1. The minimum absolute atomic E-state index is 0.00125. The van der Waals surface area contributed by atoms with E-state index in [4.69, 9.17) is 12.2 Å². The normalized spacial score (nSPS) is 11.2. The molecule has 0 aliphatic carbocycles. The number of nitrogens with one attached hydrogen (secondary N) is 2. The number of hydrogen-bond acceptors (Lipinski definition) is 3. The molecule has 1 aromatic heterocycles. The molecule has 0 saturated heterocycles. The topological polar surface area (TPSA) is 72.8 Å². The Morgan fingerprint density at radius 2 is 2.28 bits per heavy atom. The Morgan fingerprint density at radius 3 is 3.00 bits per heavy atom. The SMILES string of the molecule is CCNC(=S)N=Nc1c(O)[nH]c2ccc(C)cc12. The number of fused-ring (bicyclic) bond motifs is 1. The maximum absolute atomic E-state index is 9.80. The molecular formula is C12H14N4OS. The van der Waals surface area contributed by atoms with Crippen molar-refractivity contribution in [3.8, 4) is 5.88 Å². The number of thiocarbonyl (C=S) groups is 1. The van der Waals surface area contributed by atoms with Crippen LogP contribution >= 0.6 is 12.2 Å². The Balaban J connectivity index is 2.41. The van der Waals surface area contributed by atoms with Crippen LogP contribution in [0.1, 0.15) is 12.5 Å². The van der Waals surface area contributed by atoms with Crippen LogP contribution in [-0.2, 0) is 0 Å². The first kappa shape index (κ1) is 12.5. The molecule has 2 aromatic rings. The Kier molecular flexibility index (Phi) is 3.57. The number of aromatic nitrogens is 1. The molecule has 0 amide bonds. The molecule has 6 heteroatoms. The maximum Gasteiger partial charge on any atom is 0.218 e.